The lowest BCUT2D eigenvalue weighted by Gasteiger charge is -2.35. The molecule has 1 heterocycles. The minimum atomic E-state index is -3.52. The monoisotopic (exact) mass is 429 g/mol. The maximum absolute atomic E-state index is 13.1. The Morgan fingerprint density at radius 1 is 1.00 bits per heavy atom. The topological polar surface area (TPSA) is 60.9 Å². The highest BCUT2D eigenvalue weighted by atomic mass is 32.2. The quantitative estimate of drug-likeness (QED) is 0.708. The molecule has 1 aliphatic heterocycles. The second-order valence-electron chi connectivity index (χ2n) is 8.14. The van der Waals surface area contributed by atoms with Crippen LogP contribution in [0.5, 0.6) is 0 Å². The number of aryl methyl sites for hydroxylation is 2. The third kappa shape index (κ3) is 4.91. The maximum atomic E-state index is 13.1. The van der Waals surface area contributed by atoms with Gasteiger partial charge in [0.1, 0.15) is 0 Å². The van der Waals surface area contributed by atoms with Gasteiger partial charge in [-0.3, -0.25) is 9.69 Å². The Balaban J connectivity index is 1.64. The van der Waals surface area contributed by atoms with E-state index in [1.165, 1.54) is 4.31 Å². The Kier molecular flexibility index (Phi) is 6.95. The van der Waals surface area contributed by atoms with E-state index in [9.17, 15) is 13.2 Å². The summed E-state index contributed by atoms with van der Waals surface area (Å²) < 4.78 is 27.7. The number of hydrogen-bond acceptors (Lipinski definition) is 4. The molecule has 1 saturated heterocycles. The molecule has 0 N–H and O–H groups in total. The first-order chi connectivity index (χ1) is 14.2. The Bertz CT molecular complexity index is 982. The smallest absolute Gasteiger partial charge is 0.243 e. The van der Waals surface area contributed by atoms with Gasteiger partial charge in [-0.25, -0.2) is 8.42 Å². The number of carbonyl (C=O) groups is 1. The van der Waals surface area contributed by atoms with Crippen molar-refractivity contribution in [2.75, 3.05) is 37.6 Å². The largest absolute Gasteiger partial charge is 0.309 e. The summed E-state index contributed by atoms with van der Waals surface area (Å²) in [5, 5.41) is 0. The zero-order valence-corrected chi connectivity index (χ0v) is 19.0. The first-order valence-electron chi connectivity index (χ1n) is 10.4. The number of carbonyl (C=O) groups excluding carboxylic acids is 1. The molecule has 0 saturated carbocycles. The van der Waals surface area contributed by atoms with E-state index in [1.54, 1.807) is 11.0 Å². The van der Waals surface area contributed by atoms with Gasteiger partial charge in [-0.05, 0) is 51.5 Å². The van der Waals surface area contributed by atoms with Crippen molar-refractivity contribution in [2.45, 2.75) is 38.6 Å². The predicted octanol–water partition coefficient (Wildman–Crippen LogP) is 3.05. The van der Waals surface area contributed by atoms with E-state index in [-0.39, 0.29) is 18.5 Å². The number of amides is 1. The second kappa shape index (κ2) is 9.29. The second-order valence-corrected chi connectivity index (χ2v) is 10.0. The van der Waals surface area contributed by atoms with E-state index in [4.69, 9.17) is 0 Å². The minimum Gasteiger partial charge on any atom is -0.309 e. The fraction of sp³-hybridized carbons (Fsp3) is 0.435. The molecule has 2 aromatic carbocycles. The summed E-state index contributed by atoms with van der Waals surface area (Å²) in [4.78, 5) is 17.2. The van der Waals surface area contributed by atoms with Gasteiger partial charge < -0.3 is 4.90 Å². The summed E-state index contributed by atoms with van der Waals surface area (Å²) in [5.41, 5.74) is 2.69. The normalized spacial score (nSPS) is 16.0. The van der Waals surface area contributed by atoms with E-state index in [0.717, 1.165) is 16.8 Å². The molecule has 0 bridgehead atoms. The molecule has 1 amide bonds. The Hall–Kier alpha value is -2.22. The van der Waals surface area contributed by atoms with Crippen LogP contribution in [-0.4, -0.2) is 62.3 Å². The lowest BCUT2D eigenvalue weighted by molar-refractivity contribution is -0.120. The standard InChI is InChI=1S/C23H31N3O3S/c1-18(2)26(21-8-6-5-7-9-21)23(27)17-24-12-14-25(15-13-24)30(28,29)22-11-10-19(3)16-20(22)4/h5-11,16,18H,12-15,17H2,1-4H3. The van der Waals surface area contributed by atoms with Crippen molar-refractivity contribution in [3.63, 3.8) is 0 Å². The Labute approximate surface area is 180 Å². The molecule has 30 heavy (non-hydrogen) atoms. The lowest BCUT2D eigenvalue weighted by atomic mass is 10.2. The summed E-state index contributed by atoms with van der Waals surface area (Å²) in [7, 11) is -3.52. The average molecular weight is 430 g/mol. The van der Waals surface area contributed by atoms with Crippen molar-refractivity contribution in [2.24, 2.45) is 0 Å². The number of piperazine rings is 1. The summed E-state index contributed by atoms with van der Waals surface area (Å²) >= 11 is 0. The van der Waals surface area contributed by atoms with E-state index >= 15 is 0 Å². The molecule has 0 spiro atoms. The van der Waals surface area contributed by atoms with E-state index in [2.05, 4.69) is 0 Å². The molecule has 162 valence electrons. The third-order valence-electron chi connectivity index (χ3n) is 5.46. The number of nitrogens with zero attached hydrogens (tertiary/aromatic N) is 3. The van der Waals surface area contributed by atoms with Crippen LogP contribution in [0.15, 0.2) is 53.4 Å². The highest BCUT2D eigenvalue weighted by Crippen LogP contribution is 2.22. The van der Waals surface area contributed by atoms with Gasteiger partial charge in [-0.1, -0.05) is 35.9 Å². The summed E-state index contributed by atoms with van der Waals surface area (Å²) in [6, 6.07) is 15.1. The van der Waals surface area contributed by atoms with Crippen molar-refractivity contribution in [3.05, 3.63) is 59.7 Å². The predicted molar refractivity (Wildman–Crippen MR) is 120 cm³/mol. The fourth-order valence-corrected chi connectivity index (χ4v) is 5.57. The number of rotatable bonds is 6. The SMILES string of the molecule is Cc1ccc(S(=O)(=O)N2CCN(CC(=O)N(c3ccccc3)C(C)C)CC2)c(C)c1. The molecule has 0 aliphatic carbocycles. The third-order valence-corrected chi connectivity index (χ3v) is 7.52. The molecule has 7 heteroatoms. The van der Waals surface area contributed by atoms with Crippen LogP contribution in [0.2, 0.25) is 0 Å². The number of hydrogen-bond donors (Lipinski definition) is 0. The van der Waals surface area contributed by atoms with Crippen molar-refractivity contribution in [3.8, 4) is 0 Å². The number of anilines is 1. The van der Waals surface area contributed by atoms with Crippen molar-refractivity contribution in [1.82, 2.24) is 9.21 Å². The van der Waals surface area contributed by atoms with Gasteiger partial charge >= 0.3 is 0 Å². The van der Waals surface area contributed by atoms with Gasteiger partial charge in [0.25, 0.3) is 0 Å². The van der Waals surface area contributed by atoms with Crippen LogP contribution in [0.1, 0.15) is 25.0 Å². The van der Waals surface area contributed by atoms with Gasteiger partial charge in [0.2, 0.25) is 15.9 Å². The number of benzene rings is 2. The fourth-order valence-electron chi connectivity index (χ4n) is 3.94. The molecular formula is C23H31N3O3S. The van der Waals surface area contributed by atoms with Gasteiger partial charge in [0, 0.05) is 37.9 Å². The molecule has 0 radical (unpaired) electrons. The molecule has 0 aromatic heterocycles. The van der Waals surface area contributed by atoms with Crippen LogP contribution < -0.4 is 4.90 Å². The zero-order chi connectivity index (χ0) is 21.9. The summed E-state index contributed by atoms with van der Waals surface area (Å²) in [5.74, 6) is 0.0295. The molecule has 0 unspecified atom stereocenters. The van der Waals surface area contributed by atoms with Crippen LogP contribution in [0.3, 0.4) is 0 Å². The van der Waals surface area contributed by atoms with Crippen molar-refractivity contribution < 1.29 is 13.2 Å². The van der Waals surface area contributed by atoms with Gasteiger partial charge in [-0.2, -0.15) is 4.31 Å². The zero-order valence-electron chi connectivity index (χ0n) is 18.2. The van der Waals surface area contributed by atoms with Crippen LogP contribution >= 0.6 is 0 Å². The highest BCUT2D eigenvalue weighted by Gasteiger charge is 2.31. The molecule has 1 fully saturated rings. The van der Waals surface area contributed by atoms with Crippen molar-refractivity contribution in [1.29, 1.82) is 0 Å². The van der Waals surface area contributed by atoms with Crippen LogP contribution in [-0.2, 0) is 14.8 Å². The van der Waals surface area contributed by atoms with Crippen molar-refractivity contribution >= 4 is 21.6 Å². The lowest BCUT2D eigenvalue weighted by Crippen LogP contribution is -2.52. The highest BCUT2D eigenvalue weighted by molar-refractivity contribution is 7.89. The molecule has 2 aromatic rings. The molecular weight excluding hydrogens is 398 g/mol. The Morgan fingerprint density at radius 3 is 2.20 bits per heavy atom. The van der Waals surface area contributed by atoms with Crippen LogP contribution in [0.25, 0.3) is 0 Å². The van der Waals surface area contributed by atoms with Gasteiger partial charge in [0.15, 0.2) is 0 Å². The average Bonchev–Trinajstić information content (AvgIpc) is 2.68. The molecule has 1 aliphatic rings. The van der Waals surface area contributed by atoms with E-state index in [0.29, 0.717) is 31.1 Å². The van der Waals surface area contributed by atoms with Crippen LogP contribution in [0.4, 0.5) is 5.69 Å². The first kappa shape index (κ1) is 22.5. The maximum Gasteiger partial charge on any atom is 0.243 e. The molecule has 6 nitrogen and oxygen atoms in total. The molecule has 0 atom stereocenters. The number of sulfonamides is 1. The number of para-hydroxylation sites is 1. The van der Waals surface area contributed by atoms with Crippen LogP contribution in [0, 0.1) is 13.8 Å². The summed E-state index contributed by atoms with van der Waals surface area (Å²) in [6.07, 6.45) is 0. The first-order valence-corrected chi connectivity index (χ1v) is 11.8. The van der Waals surface area contributed by atoms with E-state index in [1.807, 2.05) is 75.1 Å². The van der Waals surface area contributed by atoms with E-state index < -0.39 is 10.0 Å². The van der Waals surface area contributed by atoms with Gasteiger partial charge in [-0.15, -0.1) is 0 Å². The minimum absolute atomic E-state index is 0.0295. The molecule has 3 rings (SSSR count). The Morgan fingerprint density at radius 2 is 1.63 bits per heavy atom. The van der Waals surface area contributed by atoms with Gasteiger partial charge in [0.05, 0.1) is 11.4 Å². The summed E-state index contributed by atoms with van der Waals surface area (Å²) in [6.45, 7) is 9.91.